The van der Waals surface area contributed by atoms with Crippen LogP contribution in [0, 0.1) is 6.92 Å². The molecule has 164 valence electrons. The molecule has 2 aliphatic heterocycles. The average Bonchev–Trinajstić information content (AvgIpc) is 2.80. The van der Waals surface area contributed by atoms with Gasteiger partial charge >= 0.3 is 0 Å². The smallest absolute Gasteiger partial charge is 0.228 e. The van der Waals surface area contributed by atoms with Crippen LogP contribution in [0.4, 0.5) is 5.82 Å². The Morgan fingerprint density at radius 1 is 1.19 bits per heavy atom. The second-order valence-electron chi connectivity index (χ2n) is 8.33. The van der Waals surface area contributed by atoms with Crippen LogP contribution in [0.15, 0.2) is 24.3 Å². The molecule has 7 nitrogen and oxygen atoms in total. The quantitative estimate of drug-likeness (QED) is 0.738. The normalized spacial score (nSPS) is 18.7. The molecule has 0 N–H and O–H groups in total. The number of piperidine rings is 1. The fraction of sp³-hybridized carbons (Fsp3) is 0.500. The van der Waals surface area contributed by atoms with Gasteiger partial charge in [-0.15, -0.1) is 0 Å². The number of carbonyl (C=O) groups excluding carboxylic acids is 2. The zero-order chi connectivity index (χ0) is 22.0. The molecule has 1 atom stereocenters. The van der Waals surface area contributed by atoms with E-state index in [1.54, 1.807) is 12.0 Å². The number of aromatic nitrogens is 2. The summed E-state index contributed by atoms with van der Waals surface area (Å²) >= 11 is 0. The molecule has 0 aliphatic carbocycles. The summed E-state index contributed by atoms with van der Waals surface area (Å²) in [5, 5.41) is 0. The molecule has 1 aromatic carbocycles. The summed E-state index contributed by atoms with van der Waals surface area (Å²) in [6.07, 6.45) is 3.56. The lowest BCUT2D eigenvalue weighted by Crippen LogP contribution is -2.40. The first-order valence-corrected chi connectivity index (χ1v) is 11.1. The second kappa shape index (κ2) is 9.04. The molecule has 2 aromatic rings. The monoisotopic (exact) mass is 422 g/mol. The summed E-state index contributed by atoms with van der Waals surface area (Å²) in [6, 6.07) is 7.76. The van der Waals surface area contributed by atoms with Gasteiger partial charge in [-0.1, -0.05) is 19.1 Å². The molecule has 0 unspecified atom stereocenters. The Balaban J connectivity index is 1.64. The number of ether oxygens (including phenoxy) is 1. The number of nitrogens with zero attached hydrogens (tertiary/aromatic N) is 4. The molecule has 3 heterocycles. The molecule has 1 fully saturated rings. The molecule has 0 radical (unpaired) electrons. The van der Waals surface area contributed by atoms with Gasteiger partial charge in [0.15, 0.2) is 0 Å². The summed E-state index contributed by atoms with van der Waals surface area (Å²) < 4.78 is 5.24. The molecule has 1 saturated heterocycles. The predicted octanol–water partition coefficient (Wildman–Crippen LogP) is 3.39. The van der Waals surface area contributed by atoms with E-state index in [9.17, 15) is 9.59 Å². The van der Waals surface area contributed by atoms with Crippen LogP contribution in [0.1, 0.15) is 61.2 Å². The van der Waals surface area contributed by atoms with E-state index >= 15 is 0 Å². The highest BCUT2D eigenvalue weighted by Crippen LogP contribution is 2.33. The molecule has 7 heteroatoms. The molecule has 2 aliphatic rings. The molecule has 0 spiro atoms. The number of likely N-dealkylation sites (tertiary alicyclic amines) is 1. The SMILES string of the molecule is CCC(=O)N1CCC[C@@H](c2nc(C)c3c(n2)N(Cc2ccc(OC)cc2)C(=O)CC3)C1. The first-order chi connectivity index (χ1) is 15.0. The van der Waals surface area contributed by atoms with Crippen LogP contribution in [-0.2, 0) is 22.6 Å². The zero-order valence-corrected chi connectivity index (χ0v) is 18.6. The Kier molecular flexibility index (Phi) is 6.20. The predicted molar refractivity (Wildman–Crippen MR) is 118 cm³/mol. The summed E-state index contributed by atoms with van der Waals surface area (Å²) in [4.78, 5) is 38.5. The molecular formula is C24H30N4O3. The van der Waals surface area contributed by atoms with Crippen LogP contribution in [0.5, 0.6) is 5.75 Å². The maximum Gasteiger partial charge on any atom is 0.228 e. The van der Waals surface area contributed by atoms with Crippen molar-refractivity contribution >= 4 is 17.6 Å². The number of hydrogen-bond acceptors (Lipinski definition) is 5. The Morgan fingerprint density at radius 2 is 1.97 bits per heavy atom. The van der Waals surface area contributed by atoms with Crippen molar-refractivity contribution in [3.63, 3.8) is 0 Å². The lowest BCUT2D eigenvalue weighted by molar-refractivity contribution is -0.132. The number of rotatable bonds is 5. The molecular weight excluding hydrogens is 392 g/mol. The highest BCUT2D eigenvalue weighted by atomic mass is 16.5. The van der Waals surface area contributed by atoms with E-state index in [1.165, 1.54) is 0 Å². The third-order valence-corrected chi connectivity index (χ3v) is 6.30. The van der Waals surface area contributed by atoms with E-state index in [1.807, 2.05) is 43.0 Å². The standard InChI is InChI=1S/C24H30N4O3/c1-4-21(29)27-13-5-6-18(15-27)23-25-16(2)20-11-12-22(30)28(24(20)26-23)14-17-7-9-19(31-3)10-8-17/h7-10,18H,4-6,11-15H2,1-3H3/t18-/m1/s1. The van der Waals surface area contributed by atoms with E-state index < -0.39 is 0 Å². The highest BCUT2D eigenvalue weighted by Gasteiger charge is 2.31. The van der Waals surface area contributed by atoms with Gasteiger partial charge in [-0.3, -0.25) is 14.5 Å². The topological polar surface area (TPSA) is 75.6 Å². The van der Waals surface area contributed by atoms with E-state index in [4.69, 9.17) is 14.7 Å². The number of amides is 2. The van der Waals surface area contributed by atoms with Crippen LogP contribution in [-0.4, -0.2) is 46.9 Å². The number of aryl methyl sites for hydroxylation is 1. The van der Waals surface area contributed by atoms with Gasteiger partial charge in [-0.25, -0.2) is 9.97 Å². The van der Waals surface area contributed by atoms with E-state index in [0.29, 0.717) is 32.4 Å². The van der Waals surface area contributed by atoms with Crippen molar-refractivity contribution in [3.8, 4) is 5.75 Å². The maximum absolute atomic E-state index is 12.9. The minimum atomic E-state index is 0.0822. The third kappa shape index (κ3) is 4.40. The van der Waals surface area contributed by atoms with Gasteiger partial charge in [0.25, 0.3) is 0 Å². The largest absolute Gasteiger partial charge is 0.497 e. The van der Waals surface area contributed by atoms with Gasteiger partial charge in [0.05, 0.1) is 13.7 Å². The Bertz CT molecular complexity index is 974. The zero-order valence-electron chi connectivity index (χ0n) is 18.6. The van der Waals surface area contributed by atoms with Gasteiger partial charge in [-0.05, 0) is 43.9 Å². The fourth-order valence-electron chi connectivity index (χ4n) is 4.50. The van der Waals surface area contributed by atoms with Crippen molar-refractivity contribution in [2.45, 2.75) is 58.4 Å². The van der Waals surface area contributed by atoms with Crippen LogP contribution in [0.25, 0.3) is 0 Å². The van der Waals surface area contributed by atoms with E-state index in [2.05, 4.69) is 0 Å². The lowest BCUT2D eigenvalue weighted by Gasteiger charge is -2.34. The number of carbonyl (C=O) groups is 2. The summed E-state index contributed by atoms with van der Waals surface area (Å²) in [5.41, 5.74) is 3.01. The van der Waals surface area contributed by atoms with Crippen molar-refractivity contribution < 1.29 is 14.3 Å². The number of fused-ring (bicyclic) bond motifs is 1. The van der Waals surface area contributed by atoms with Gasteiger partial charge in [0, 0.05) is 43.1 Å². The fourth-order valence-corrected chi connectivity index (χ4v) is 4.50. The number of methoxy groups -OCH3 is 1. The molecule has 2 amide bonds. The van der Waals surface area contributed by atoms with Crippen LogP contribution >= 0.6 is 0 Å². The van der Waals surface area contributed by atoms with E-state index in [0.717, 1.165) is 53.6 Å². The molecule has 0 saturated carbocycles. The highest BCUT2D eigenvalue weighted by molar-refractivity contribution is 5.95. The van der Waals surface area contributed by atoms with Gasteiger partial charge < -0.3 is 9.64 Å². The van der Waals surface area contributed by atoms with Crippen LogP contribution < -0.4 is 9.64 Å². The van der Waals surface area contributed by atoms with Crippen molar-refractivity contribution in [1.82, 2.24) is 14.9 Å². The first-order valence-electron chi connectivity index (χ1n) is 11.1. The van der Waals surface area contributed by atoms with Crippen molar-refractivity contribution in [1.29, 1.82) is 0 Å². The van der Waals surface area contributed by atoms with Gasteiger partial charge in [-0.2, -0.15) is 0 Å². The summed E-state index contributed by atoms with van der Waals surface area (Å²) in [5.74, 6) is 2.63. The third-order valence-electron chi connectivity index (χ3n) is 6.30. The minimum absolute atomic E-state index is 0.0822. The molecule has 31 heavy (non-hydrogen) atoms. The van der Waals surface area contributed by atoms with Gasteiger partial charge in [0.2, 0.25) is 11.8 Å². The molecule has 1 aromatic heterocycles. The molecule has 0 bridgehead atoms. The molecule has 4 rings (SSSR count). The minimum Gasteiger partial charge on any atom is -0.497 e. The summed E-state index contributed by atoms with van der Waals surface area (Å²) in [7, 11) is 1.64. The number of anilines is 1. The number of benzene rings is 1. The maximum atomic E-state index is 12.9. The Morgan fingerprint density at radius 3 is 2.68 bits per heavy atom. The second-order valence-corrected chi connectivity index (χ2v) is 8.33. The Hall–Kier alpha value is -2.96. The van der Waals surface area contributed by atoms with Crippen molar-refractivity contribution in [2.75, 3.05) is 25.1 Å². The van der Waals surface area contributed by atoms with Crippen LogP contribution in [0.2, 0.25) is 0 Å². The van der Waals surface area contributed by atoms with Crippen molar-refractivity contribution in [2.24, 2.45) is 0 Å². The Labute approximate surface area is 183 Å². The van der Waals surface area contributed by atoms with Gasteiger partial charge in [0.1, 0.15) is 17.4 Å². The van der Waals surface area contributed by atoms with E-state index in [-0.39, 0.29) is 17.7 Å². The average molecular weight is 423 g/mol. The summed E-state index contributed by atoms with van der Waals surface area (Å²) in [6.45, 7) is 5.82. The first kappa shape index (κ1) is 21.3. The lowest BCUT2D eigenvalue weighted by atomic mass is 9.95. The van der Waals surface area contributed by atoms with Crippen LogP contribution in [0.3, 0.4) is 0 Å². The van der Waals surface area contributed by atoms with Crippen molar-refractivity contribution in [3.05, 3.63) is 46.9 Å². The number of hydrogen-bond donors (Lipinski definition) is 0.